The Kier molecular flexibility index (Phi) is 7.03. The molecule has 0 amide bonds. The van der Waals surface area contributed by atoms with Crippen molar-refractivity contribution in [2.45, 2.75) is 25.6 Å². The molecule has 0 bridgehead atoms. The molecule has 0 aliphatic carbocycles. The number of pyridine rings is 1. The van der Waals surface area contributed by atoms with Gasteiger partial charge >= 0.3 is 5.97 Å². The van der Waals surface area contributed by atoms with E-state index in [0.717, 1.165) is 22.4 Å². The quantitative estimate of drug-likeness (QED) is 0.270. The first-order valence-electron chi connectivity index (χ1n) is 11.1. The van der Waals surface area contributed by atoms with Crippen LogP contribution in [0.2, 0.25) is 0 Å². The third-order valence-electron chi connectivity index (χ3n) is 5.90. The highest BCUT2D eigenvalue weighted by atomic mass is 16.5. The van der Waals surface area contributed by atoms with E-state index in [1.165, 1.54) is 18.3 Å². The van der Waals surface area contributed by atoms with Crippen LogP contribution in [-0.2, 0) is 32.6 Å². The summed E-state index contributed by atoms with van der Waals surface area (Å²) in [6.45, 7) is 4.52. The molecule has 34 heavy (non-hydrogen) atoms. The highest BCUT2D eigenvalue weighted by molar-refractivity contribution is 5.98. The fourth-order valence-corrected chi connectivity index (χ4v) is 4.20. The summed E-state index contributed by atoms with van der Waals surface area (Å²) in [7, 11) is 3.23. The Morgan fingerprint density at radius 2 is 2.21 bits per heavy atom. The van der Waals surface area contributed by atoms with Gasteiger partial charge in [-0.1, -0.05) is 0 Å². The fourth-order valence-electron chi connectivity index (χ4n) is 4.20. The molecule has 2 fully saturated rings. The average Bonchev–Trinajstić information content (AvgIpc) is 3.22. The summed E-state index contributed by atoms with van der Waals surface area (Å²) in [4.78, 5) is 23.3. The van der Waals surface area contributed by atoms with E-state index in [-0.39, 0.29) is 24.3 Å². The normalized spacial score (nSPS) is 23.2. The van der Waals surface area contributed by atoms with Gasteiger partial charge < -0.3 is 34.4 Å². The third-order valence-corrected chi connectivity index (χ3v) is 5.90. The lowest BCUT2D eigenvalue weighted by atomic mass is 10.1. The van der Waals surface area contributed by atoms with Gasteiger partial charge in [0.15, 0.2) is 11.6 Å². The summed E-state index contributed by atoms with van der Waals surface area (Å²) in [5.74, 6) is 6.74. The number of hydrogen-bond donors (Lipinski definition) is 2. The minimum absolute atomic E-state index is 0.0812. The van der Waals surface area contributed by atoms with Crippen LogP contribution in [0.3, 0.4) is 0 Å². The SMILES string of the molecule is COC(=O)/C(N)=C/N(N)C/C=C1\OC[C@@H]2COC[C@@H](C)N2\C1=N\Cc1ccnc2c1ccn2C. The van der Waals surface area contributed by atoms with Crippen LogP contribution in [0.1, 0.15) is 12.5 Å². The second-order valence-corrected chi connectivity index (χ2v) is 8.37. The van der Waals surface area contributed by atoms with Crippen molar-refractivity contribution in [3.63, 3.8) is 0 Å². The van der Waals surface area contributed by atoms with E-state index in [1.54, 1.807) is 6.20 Å². The van der Waals surface area contributed by atoms with E-state index < -0.39 is 5.97 Å². The van der Waals surface area contributed by atoms with Crippen LogP contribution in [0, 0.1) is 0 Å². The summed E-state index contributed by atoms with van der Waals surface area (Å²) in [6.07, 6.45) is 6.96. The van der Waals surface area contributed by atoms with Gasteiger partial charge in [-0.05, 0) is 30.7 Å². The molecule has 11 heteroatoms. The number of hydrazine groups is 1. The molecule has 2 aromatic rings. The zero-order valence-electron chi connectivity index (χ0n) is 19.7. The molecule has 0 saturated carbocycles. The number of carbonyl (C=O) groups excluding carboxylic acids is 1. The highest BCUT2D eigenvalue weighted by Crippen LogP contribution is 2.26. The number of fused-ring (bicyclic) bond motifs is 2. The Hall–Kier alpha value is -3.57. The van der Waals surface area contributed by atoms with Gasteiger partial charge in [0.25, 0.3) is 0 Å². The Morgan fingerprint density at radius 1 is 1.38 bits per heavy atom. The number of carbonyl (C=O) groups is 1. The number of methoxy groups -OCH3 is 1. The molecule has 0 aromatic carbocycles. The molecule has 0 spiro atoms. The molecule has 182 valence electrons. The molecule has 4 rings (SSSR count). The molecule has 0 unspecified atom stereocenters. The van der Waals surface area contributed by atoms with Crippen LogP contribution in [0.5, 0.6) is 0 Å². The van der Waals surface area contributed by atoms with Crippen molar-refractivity contribution < 1.29 is 19.0 Å². The minimum atomic E-state index is -0.645. The van der Waals surface area contributed by atoms with Gasteiger partial charge in [-0.2, -0.15) is 0 Å². The van der Waals surface area contributed by atoms with Crippen molar-refractivity contribution in [3.8, 4) is 0 Å². The Bertz CT molecular complexity index is 1140. The van der Waals surface area contributed by atoms with Crippen molar-refractivity contribution >= 4 is 22.8 Å². The average molecular weight is 470 g/mol. The van der Waals surface area contributed by atoms with Gasteiger partial charge in [0.2, 0.25) is 0 Å². The number of aliphatic imine (C=N–C) groups is 1. The van der Waals surface area contributed by atoms with Crippen molar-refractivity contribution in [2.75, 3.05) is 33.5 Å². The Labute approximate surface area is 198 Å². The maximum absolute atomic E-state index is 11.5. The first-order chi connectivity index (χ1) is 16.4. The number of morpholine rings is 2. The number of aryl methyl sites for hydroxylation is 1. The van der Waals surface area contributed by atoms with Crippen LogP contribution < -0.4 is 11.6 Å². The van der Waals surface area contributed by atoms with Crippen LogP contribution in [0.15, 0.2) is 53.3 Å². The molecule has 2 aromatic heterocycles. The molecule has 2 aliphatic heterocycles. The summed E-state index contributed by atoms with van der Waals surface area (Å²) in [5, 5.41) is 2.37. The van der Waals surface area contributed by atoms with Gasteiger partial charge in [0.1, 0.15) is 18.0 Å². The smallest absolute Gasteiger partial charge is 0.355 e. The summed E-state index contributed by atoms with van der Waals surface area (Å²) in [6, 6.07) is 4.26. The lowest BCUT2D eigenvalue weighted by Crippen LogP contribution is -2.59. The zero-order valence-corrected chi connectivity index (χ0v) is 19.7. The third kappa shape index (κ3) is 4.85. The molecular weight excluding hydrogens is 438 g/mol. The van der Waals surface area contributed by atoms with Gasteiger partial charge in [-0.15, -0.1) is 0 Å². The number of esters is 1. The second kappa shape index (κ2) is 10.1. The van der Waals surface area contributed by atoms with Crippen molar-refractivity contribution in [1.82, 2.24) is 19.5 Å². The number of hydrogen-bond acceptors (Lipinski definition) is 9. The number of ether oxygens (including phenoxy) is 3. The van der Waals surface area contributed by atoms with Gasteiger partial charge in [-0.25, -0.2) is 15.6 Å². The Balaban J connectivity index is 1.62. The van der Waals surface area contributed by atoms with Crippen LogP contribution in [0.4, 0.5) is 0 Å². The van der Waals surface area contributed by atoms with Crippen LogP contribution in [0.25, 0.3) is 11.0 Å². The molecule has 4 heterocycles. The second-order valence-electron chi connectivity index (χ2n) is 8.37. The predicted octanol–water partition coefficient (Wildman–Crippen LogP) is 0.624. The number of nitrogens with two attached hydrogens (primary N) is 2. The standard InChI is InChI=1S/C23H31N7O4/c1-15-12-33-13-17-14-34-20(6-9-29(25)11-19(24)23(31)32-3)22(30(15)17)27-10-16-4-7-26-21-18(16)5-8-28(21)2/h4-8,11,15,17H,9-10,12-14,24-25H2,1-3H3/b19-11-,20-6-,27-22+/t15-,17+/m1/s1. The van der Waals surface area contributed by atoms with Gasteiger partial charge in [-0.3, -0.25) is 4.99 Å². The largest absolute Gasteiger partial charge is 0.488 e. The Morgan fingerprint density at radius 3 is 3.00 bits per heavy atom. The van der Waals surface area contributed by atoms with E-state index >= 15 is 0 Å². The van der Waals surface area contributed by atoms with Gasteiger partial charge in [0.05, 0.1) is 45.5 Å². The summed E-state index contributed by atoms with van der Waals surface area (Å²) >= 11 is 0. The maximum atomic E-state index is 11.5. The van der Waals surface area contributed by atoms with Crippen molar-refractivity contribution in [3.05, 3.63) is 53.8 Å². The van der Waals surface area contributed by atoms with Crippen LogP contribution in [-0.4, -0.2) is 76.8 Å². The van der Waals surface area contributed by atoms with E-state index in [2.05, 4.69) is 27.6 Å². The number of aromatic nitrogens is 2. The van der Waals surface area contributed by atoms with Crippen LogP contribution >= 0.6 is 0 Å². The molecule has 4 N–H and O–H groups in total. The highest BCUT2D eigenvalue weighted by Gasteiger charge is 2.37. The van der Waals surface area contributed by atoms with E-state index in [4.69, 9.17) is 26.0 Å². The zero-order chi connectivity index (χ0) is 24.2. The molecule has 0 radical (unpaired) electrons. The lowest BCUT2D eigenvalue weighted by molar-refractivity contribution is -0.136. The number of nitrogens with zero attached hydrogens (tertiary/aromatic N) is 5. The van der Waals surface area contributed by atoms with Crippen molar-refractivity contribution in [2.24, 2.45) is 23.6 Å². The number of rotatable bonds is 6. The lowest BCUT2D eigenvalue weighted by Gasteiger charge is -2.45. The summed E-state index contributed by atoms with van der Waals surface area (Å²) < 4.78 is 18.4. The van der Waals surface area contributed by atoms with Gasteiger partial charge in [0, 0.05) is 31.0 Å². The molecule has 2 saturated heterocycles. The monoisotopic (exact) mass is 469 g/mol. The van der Waals surface area contributed by atoms with Crippen molar-refractivity contribution in [1.29, 1.82) is 0 Å². The molecule has 11 nitrogen and oxygen atoms in total. The van der Waals surface area contributed by atoms with E-state index in [1.807, 2.05) is 30.0 Å². The topological polar surface area (TPSA) is 133 Å². The molecule has 2 atom stereocenters. The fraction of sp³-hybridized carbons (Fsp3) is 0.435. The molecule has 2 aliphatic rings. The predicted molar refractivity (Wildman–Crippen MR) is 127 cm³/mol. The first kappa shape index (κ1) is 23.6. The summed E-state index contributed by atoms with van der Waals surface area (Å²) in [5.41, 5.74) is 7.60. The van der Waals surface area contributed by atoms with E-state index in [9.17, 15) is 4.79 Å². The van der Waals surface area contributed by atoms with E-state index in [0.29, 0.717) is 32.1 Å². The maximum Gasteiger partial charge on any atom is 0.355 e. The minimum Gasteiger partial charge on any atom is -0.488 e. The first-order valence-corrected chi connectivity index (χ1v) is 11.1. The molecular formula is C23H31N7O4. The number of amidine groups is 1.